The molecule has 0 heterocycles. The SMILES string of the molecule is CC(C)(C)OC(=O)C(C)(C)OCC1CCCC(O)C1. The quantitative estimate of drug-likeness (QED) is 0.799. The molecule has 112 valence electrons. The highest BCUT2D eigenvalue weighted by atomic mass is 16.6. The highest BCUT2D eigenvalue weighted by molar-refractivity contribution is 5.78. The summed E-state index contributed by atoms with van der Waals surface area (Å²) < 4.78 is 11.1. The van der Waals surface area contributed by atoms with E-state index in [9.17, 15) is 9.90 Å². The number of ether oxygens (including phenoxy) is 2. The van der Waals surface area contributed by atoms with Crippen LogP contribution in [0.1, 0.15) is 60.3 Å². The zero-order valence-electron chi connectivity index (χ0n) is 12.9. The lowest BCUT2D eigenvalue weighted by Gasteiger charge is -2.31. The van der Waals surface area contributed by atoms with Crippen LogP contribution >= 0.6 is 0 Å². The van der Waals surface area contributed by atoms with E-state index in [1.54, 1.807) is 13.8 Å². The number of aliphatic hydroxyl groups is 1. The third-order valence-corrected chi connectivity index (χ3v) is 3.33. The molecule has 0 spiro atoms. The maximum Gasteiger partial charge on any atom is 0.338 e. The standard InChI is InChI=1S/C15H28O4/c1-14(2,3)19-13(17)15(4,5)18-10-11-7-6-8-12(16)9-11/h11-12,16H,6-10H2,1-5H3. The van der Waals surface area contributed by atoms with Crippen molar-refractivity contribution in [2.75, 3.05) is 6.61 Å². The minimum atomic E-state index is -0.935. The zero-order valence-corrected chi connectivity index (χ0v) is 12.9. The van der Waals surface area contributed by atoms with Crippen LogP contribution in [0.15, 0.2) is 0 Å². The van der Waals surface area contributed by atoms with E-state index in [2.05, 4.69) is 0 Å². The maximum atomic E-state index is 12.0. The van der Waals surface area contributed by atoms with Gasteiger partial charge in [-0.3, -0.25) is 0 Å². The van der Waals surface area contributed by atoms with E-state index in [1.807, 2.05) is 20.8 Å². The lowest BCUT2D eigenvalue weighted by molar-refractivity contribution is -0.181. The van der Waals surface area contributed by atoms with Crippen LogP contribution in [0.4, 0.5) is 0 Å². The molecule has 1 fully saturated rings. The van der Waals surface area contributed by atoms with Crippen molar-refractivity contribution in [2.24, 2.45) is 5.92 Å². The molecule has 0 aromatic carbocycles. The van der Waals surface area contributed by atoms with Gasteiger partial charge in [0.05, 0.1) is 12.7 Å². The molecule has 0 radical (unpaired) electrons. The van der Waals surface area contributed by atoms with Gasteiger partial charge in [-0.15, -0.1) is 0 Å². The Bertz CT molecular complexity index is 304. The second-order valence-corrected chi connectivity index (χ2v) is 7.01. The van der Waals surface area contributed by atoms with Gasteiger partial charge >= 0.3 is 5.97 Å². The van der Waals surface area contributed by atoms with Gasteiger partial charge in [0.1, 0.15) is 5.60 Å². The Labute approximate surface area is 116 Å². The van der Waals surface area contributed by atoms with Crippen LogP contribution in [0.3, 0.4) is 0 Å². The highest BCUT2D eigenvalue weighted by Crippen LogP contribution is 2.26. The molecule has 4 heteroatoms. The lowest BCUT2D eigenvalue weighted by Crippen LogP contribution is -2.42. The number of hydrogen-bond donors (Lipinski definition) is 1. The number of esters is 1. The third kappa shape index (κ3) is 5.91. The smallest absolute Gasteiger partial charge is 0.338 e. The average molecular weight is 272 g/mol. The molecule has 1 N–H and O–H groups in total. The van der Waals surface area contributed by atoms with Crippen molar-refractivity contribution in [1.29, 1.82) is 0 Å². The number of aliphatic hydroxyl groups excluding tert-OH is 1. The van der Waals surface area contributed by atoms with Crippen molar-refractivity contribution in [3.8, 4) is 0 Å². The summed E-state index contributed by atoms with van der Waals surface area (Å²) in [6.07, 6.45) is 3.52. The van der Waals surface area contributed by atoms with Gasteiger partial charge in [-0.25, -0.2) is 4.79 Å². The van der Waals surface area contributed by atoms with Crippen molar-refractivity contribution >= 4 is 5.97 Å². The average Bonchev–Trinajstić information content (AvgIpc) is 2.24. The molecule has 0 aliphatic heterocycles. The van der Waals surface area contributed by atoms with Crippen molar-refractivity contribution in [1.82, 2.24) is 0 Å². The van der Waals surface area contributed by atoms with E-state index in [0.717, 1.165) is 25.7 Å². The Balaban J connectivity index is 2.43. The predicted molar refractivity (Wildman–Crippen MR) is 73.8 cm³/mol. The Hall–Kier alpha value is -0.610. The molecular formula is C15H28O4. The molecule has 0 amide bonds. The van der Waals surface area contributed by atoms with E-state index in [4.69, 9.17) is 9.47 Å². The minimum Gasteiger partial charge on any atom is -0.458 e. The van der Waals surface area contributed by atoms with Gasteiger partial charge < -0.3 is 14.6 Å². The normalized spacial score (nSPS) is 25.2. The van der Waals surface area contributed by atoms with Crippen molar-refractivity contribution < 1.29 is 19.4 Å². The van der Waals surface area contributed by atoms with Crippen molar-refractivity contribution in [3.63, 3.8) is 0 Å². The molecule has 4 nitrogen and oxygen atoms in total. The number of carbonyl (C=O) groups is 1. The van der Waals surface area contributed by atoms with Gasteiger partial charge in [0.15, 0.2) is 5.60 Å². The Morgan fingerprint density at radius 3 is 2.37 bits per heavy atom. The first-order chi connectivity index (χ1) is 8.60. The fourth-order valence-corrected chi connectivity index (χ4v) is 2.20. The second-order valence-electron chi connectivity index (χ2n) is 7.01. The van der Waals surface area contributed by atoms with Crippen LogP contribution in [-0.2, 0) is 14.3 Å². The number of rotatable bonds is 4. The Morgan fingerprint density at radius 2 is 1.84 bits per heavy atom. The predicted octanol–water partition coefficient (Wildman–Crippen LogP) is 2.67. The fourth-order valence-electron chi connectivity index (χ4n) is 2.20. The summed E-state index contributed by atoms with van der Waals surface area (Å²) >= 11 is 0. The van der Waals surface area contributed by atoms with Crippen LogP contribution in [0, 0.1) is 5.92 Å². The summed E-state index contributed by atoms with van der Waals surface area (Å²) in [5.41, 5.74) is -1.44. The van der Waals surface area contributed by atoms with Gasteiger partial charge in [0, 0.05) is 0 Å². The van der Waals surface area contributed by atoms with E-state index in [0.29, 0.717) is 12.5 Å². The summed E-state index contributed by atoms with van der Waals surface area (Å²) in [6.45, 7) is 9.51. The summed E-state index contributed by atoms with van der Waals surface area (Å²) in [7, 11) is 0. The van der Waals surface area contributed by atoms with Crippen LogP contribution in [0.25, 0.3) is 0 Å². The van der Waals surface area contributed by atoms with Crippen molar-refractivity contribution in [3.05, 3.63) is 0 Å². The molecule has 19 heavy (non-hydrogen) atoms. The monoisotopic (exact) mass is 272 g/mol. The van der Waals surface area contributed by atoms with Gasteiger partial charge in [-0.1, -0.05) is 6.42 Å². The summed E-state index contributed by atoms with van der Waals surface area (Å²) in [6, 6.07) is 0. The Morgan fingerprint density at radius 1 is 1.21 bits per heavy atom. The topological polar surface area (TPSA) is 55.8 Å². The van der Waals surface area contributed by atoms with E-state index < -0.39 is 11.2 Å². The molecule has 0 saturated heterocycles. The first-order valence-corrected chi connectivity index (χ1v) is 7.15. The largest absolute Gasteiger partial charge is 0.458 e. The van der Waals surface area contributed by atoms with Gasteiger partial charge in [0.2, 0.25) is 0 Å². The van der Waals surface area contributed by atoms with Crippen molar-refractivity contribution in [2.45, 2.75) is 77.6 Å². The minimum absolute atomic E-state index is 0.216. The van der Waals surface area contributed by atoms with Gasteiger partial charge in [-0.05, 0) is 59.8 Å². The second kappa shape index (κ2) is 6.23. The fraction of sp³-hybridized carbons (Fsp3) is 0.933. The van der Waals surface area contributed by atoms with E-state index >= 15 is 0 Å². The van der Waals surface area contributed by atoms with E-state index in [1.165, 1.54) is 0 Å². The van der Waals surface area contributed by atoms with Gasteiger partial charge in [-0.2, -0.15) is 0 Å². The summed E-state index contributed by atoms with van der Waals surface area (Å²) in [5, 5.41) is 9.62. The maximum absolute atomic E-state index is 12.0. The zero-order chi connectivity index (χ0) is 14.7. The first kappa shape index (κ1) is 16.4. The summed E-state index contributed by atoms with van der Waals surface area (Å²) in [4.78, 5) is 12.0. The molecule has 2 unspecified atom stereocenters. The van der Waals surface area contributed by atoms with Crippen LogP contribution in [0.5, 0.6) is 0 Å². The number of carbonyl (C=O) groups excluding carboxylic acids is 1. The summed E-state index contributed by atoms with van der Waals surface area (Å²) in [5.74, 6) is 0.00168. The highest BCUT2D eigenvalue weighted by Gasteiger charge is 2.34. The van der Waals surface area contributed by atoms with Crippen LogP contribution in [-0.4, -0.2) is 35.0 Å². The number of hydrogen-bond acceptors (Lipinski definition) is 4. The molecule has 0 aromatic rings. The molecule has 1 saturated carbocycles. The Kier molecular flexibility index (Phi) is 5.39. The van der Waals surface area contributed by atoms with E-state index in [-0.39, 0.29) is 12.1 Å². The van der Waals surface area contributed by atoms with Gasteiger partial charge in [0.25, 0.3) is 0 Å². The molecule has 1 aliphatic rings. The molecule has 0 aromatic heterocycles. The van der Waals surface area contributed by atoms with Crippen LogP contribution in [0.2, 0.25) is 0 Å². The molecular weight excluding hydrogens is 244 g/mol. The molecule has 2 atom stereocenters. The molecule has 1 aliphatic carbocycles. The third-order valence-electron chi connectivity index (χ3n) is 3.33. The molecule has 0 bridgehead atoms. The molecule has 1 rings (SSSR count). The van der Waals surface area contributed by atoms with Crippen LogP contribution < -0.4 is 0 Å². The lowest BCUT2D eigenvalue weighted by atomic mass is 9.88. The first-order valence-electron chi connectivity index (χ1n) is 7.15.